The molecule has 1 unspecified atom stereocenters. The summed E-state index contributed by atoms with van der Waals surface area (Å²) in [6, 6.07) is 15.9. The fourth-order valence-corrected chi connectivity index (χ4v) is 2.96. The van der Waals surface area contributed by atoms with E-state index in [0.717, 1.165) is 23.9 Å². The molecule has 0 radical (unpaired) electrons. The van der Waals surface area contributed by atoms with Crippen molar-refractivity contribution < 1.29 is 0 Å². The molecule has 1 N–H and O–H groups in total. The maximum atomic E-state index is 3.69. The minimum atomic E-state index is 0.379. The van der Waals surface area contributed by atoms with Crippen LogP contribution in [0, 0.1) is 13.8 Å². The Morgan fingerprint density at radius 3 is 2.19 bits per heavy atom. The van der Waals surface area contributed by atoms with Gasteiger partial charge in [0, 0.05) is 10.5 Å². The van der Waals surface area contributed by atoms with E-state index in [4.69, 9.17) is 0 Å². The Labute approximate surface area is 136 Å². The van der Waals surface area contributed by atoms with Crippen LogP contribution in [0.3, 0.4) is 0 Å². The fourth-order valence-electron chi connectivity index (χ4n) is 2.69. The Hall–Kier alpha value is -1.12. The second kappa shape index (κ2) is 7.77. The van der Waals surface area contributed by atoms with Crippen molar-refractivity contribution in [3.05, 3.63) is 69.2 Å². The largest absolute Gasteiger partial charge is 0.310 e. The zero-order chi connectivity index (χ0) is 15.2. The van der Waals surface area contributed by atoms with Crippen molar-refractivity contribution in [2.45, 2.75) is 39.7 Å². The molecule has 21 heavy (non-hydrogen) atoms. The van der Waals surface area contributed by atoms with E-state index in [-0.39, 0.29) is 0 Å². The molecule has 2 aromatic rings. The standard InChI is InChI=1S/C19H24BrN/c1-4-9-21-19(13-16-5-7-18(20)8-6-16)17-11-14(2)10-15(3)12-17/h5-8,10-12,19,21H,4,9,13H2,1-3H3. The lowest BCUT2D eigenvalue weighted by Crippen LogP contribution is -2.24. The number of hydrogen-bond donors (Lipinski definition) is 1. The first-order chi connectivity index (χ1) is 10.1. The van der Waals surface area contributed by atoms with Gasteiger partial charge in [0.1, 0.15) is 0 Å². The summed E-state index contributed by atoms with van der Waals surface area (Å²) >= 11 is 3.50. The van der Waals surface area contributed by atoms with Crippen LogP contribution >= 0.6 is 15.9 Å². The van der Waals surface area contributed by atoms with Crippen molar-refractivity contribution in [1.82, 2.24) is 5.32 Å². The normalized spacial score (nSPS) is 12.4. The molecule has 0 saturated carbocycles. The smallest absolute Gasteiger partial charge is 0.0361 e. The van der Waals surface area contributed by atoms with E-state index in [1.54, 1.807) is 0 Å². The third-order valence-corrected chi connectivity index (χ3v) is 4.17. The number of hydrogen-bond acceptors (Lipinski definition) is 1. The first-order valence-electron chi connectivity index (χ1n) is 7.64. The average molecular weight is 346 g/mol. The van der Waals surface area contributed by atoms with Gasteiger partial charge in [-0.15, -0.1) is 0 Å². The molecular weight excluding hydrogens is 322 g/mol. The lowest BCUT2D eigenvalue weighted by molar-refractivity contribution is 0.529. The molecule has 0 aliphatic rings. The Kier molecular flexibility index (Phi) is 6.01. The van der Waals surface area contributed by atoms with Gasteiger partial charge in [0.2, 0.25) is 0 Å². The highest BCUT2D eigenvalue weighted by Gasteiger charge is 2.12. The SMILES string of the molecule is CCCNC(Cc1ccc(Br)cc1)c1cc(C)cc(C)c1. The van der Waals surface area contributed by atoms with Crippen LogP contribution < -0.4 is 5.32 Å². The molecule has 2 rings (SSSR count). The quantitative estimate of drug-likeness (QED) is 0.743. The number of aryl methyl sites for hydroxylation is 2. The van der Waals surface area contributed by atoms with Crippen LogP contribution in [0.2, 0.25) is 0 Å². The Morgan fingerprint density at radius 1 is 1.00 bits per heavy atom. The molecule has 2 heteroatoms. The van der Waals surface area contributed by atoms with E-state index in [1.807, 2.05) is 0 Å². The molecule has 2 aromatic carbocycles. The zero-order valence-corrected chi connectivity index (χ0v) is 14.7. The monoisotopic (exact) mass is 345 g/mol. The molecule has 0 aliphatic heterocycles. The summed E-state index contributed by atoms with van der Waals surface area (Å²) in [5, 5.41) is 3.69. The van der Waals surface area contributed by atoms with Crippen molar-refractivity contribution in [1.29, 1.82) is 0 Å². The number of rotatable bonds is 6. The predicted molar refractivity (Wildman–Crippen MR) is 94.8 cm³/mol. The summed E-state index contributed by atoms with van der Waals surface area (Å²) in [5.74, 6) is 0. The van der Waals surface area contributed by atoms with Gasteiger partial charge < -0.3 is 5.32 Å². The highest BCUT2D eigenvalue weighted by atomic mass is 79.9. The minimum Gasteiger partial charge on any atom is -0.310 e. The average Bonchev–Trinajstić information content (AvgIpc) is 2.44. The number of halogens is 1. The van der Waals surface area contributed by atoms with Crippen LogP contribution in [-0.4, -0.2) is 6.54 Å². The Morgan fingerprint density at radius 2 is 1.62 bits per heavy atom. The predicted octanol–water partition coefficient (Wildman–Crippen LogP) is 5.35. The van der Waals surface area contributed by atoms with Crippen LogP contribution in [0.4, 0.5) is 0 Å². The van der Waals surface area contributed by atoms with Gasteiger partial charge in [-0.1, -0.05) is 64.3 Å². The maximum absolute atomic E-state index is 3.69. The zero-order valence-electron chi connectivity index (χ0n) is 13.1. The van der Waals surface area contributed by atoms with Crippen molar-refractivity contribution in [2.75, 3.05) is 6.54 Å². The van der Waals surface area contributed by atoms with E-state index in [2.05, 4.69) is 84.5 Å². The second-order valence-electron chi connectivity index (χ2n) is 5.76. The molecule has 0 aliphatic carbocycles. The fraction of sp³-hybridized carbons (Fsp3) is 0.368. The minimum absolute atomic E-state index is 0.379. The van der Waals surface area contributed by atoms with Crippen LogP contribution in [0.5, 0.6) is 0 Å². The van der Waals surface area contributed by atoms with Crippen molar-refractivity contribution in [3.63, 3.8) is 0 Å². The van der Waals surface area contributed by atoms with Crippen molar-refractivity contribution in [2.24, 2.45) is 0 Å². The molecule has 0 amide bonds. The van der Waals surface area contributed by atoms with E-state index in [0.29, 0.717) is 6.04 Å². The molecular formula is C19H24BrN. The summed E-state index contributed by atoms with van der Waals surface area (Å²) in [6.45, 7) is 7.61. The highest BCUT2D eigenvalue weighted by molar-refractivity contribution is 9.10. The molecule has 0 spiro atoms. The molecule has 0 bridgehead atoms. The molecule has 1 nitrogen and oxygen atoms in total. The first-order valence-corrected chi connectivity index (χ1v) is 8.44. The van der Waals surface area contributed by atoms with Gasteiger partial charge >= 0.3 is 0 Å². The highest BCUT2D eigenvalue weighted by Crippen LogP contribution is 2.22. The summed E-state index contributed by atoms with van der Waals surface area (Å²) in [5.41, 5.74) is 5.43. The second-order valence-corrected chi connectivity index (χ2v) is 6.67. The summed E-state index contributed by atoms with van der Waals surface area (Å²) in [6.07, 6.45) is 2.18. The summed E-state index contributed by atoms with van der Waals surface area (Å²) < 4.78 is 1.13. The summed E-state index contributed by atoms with van der Waals surface area (Å²) in [4.78, 5) is 0. The van der Waals surface area contributed by atoms with Crippen LogP contribution in [0.25, 0.3) is 0 Å². The Balaban J connectivity index is 2.22. The molecule has 0 fully saturated rings. The van der Waals surface area contributed by atoms with Crippen molar-refractivity contribution >= 4 is 15.9 Å². The molecule has 112 valence electrons. The maximum Gasteiger partial charge on any atom is 0.0361 e. The lowest BCUT2D eigenvalue weighted by Gasteiger charge is -2.20. The molecule has 0 aromatic heterocycles. The van der Waals surface area contributed by atoms with E-state index in [9.17, 15) is 0 Å². The Bertz CT molecular complexity index is 554. The van der Waals surface area contributed by atoms with Gasteiger partial charge in [-0.2, -0.15) is 0 Å². The van der Waals surface area contributed by atoms with Gasteiger partial charge in [0.05, 0.1) is 0 Å². The third-order valence-electron chi connectivity index (χ3n) is 3.64. The summed E-state index contributed by atoms with van der Waals surface area (Å²) in [7, 11) is 0. The van der Waals surface area contributed by atoms with Crippen LogP contribution in [0.15, 0.2) is 46.9 Å². The molecule has 0 heterocycles. The first kappa shape index (κ1) is 16.3. The number of benzene rings is 2. The van der Waals surface area contributed by atoms with Gasteiger partial charge in [-0.05, 0) is 56.5 Å². The van der Waals surface area contributed by atoms with Crippen LogP contribution in [-0.2, 0) is 6.42 Å². The molecule has 0 saturated heterocycles. The van der Waals surface area contributed by atoms with E-state index < -0.39 is 0 Å². The van der Waals surface area contributed by atoms with E-state index in [1.165, 1.54) is 22.3 Å². The van der Waals surface area contributed by atoms with Gasteiger partial charge in [0.15, 0.2) is 0 Å². The lowest BCUT2D eigenvalue weighted by atomic mass is 9.96. The van der Waals surface area contributed by atoms with Crippen molar-refractivity contribution in [3.8, 4) is 0 Å². The third kappa shape index (κ3) is 4.98. The molecule has 1 atom stereocenters. The topological polar surface area (TPSA) is 12.0 Å². The van der Waals surface area contributed by atoms with Crippen LogP contribution in [0.1, 0.15) is 41.6 Å². The van der Waals surface area contributed by atoms with Gasteiger partial charge in [-0.25, -0.2) is 0 Å². The van der Waals surface area contributed by atoms with Gasteiger partial charge in [-0.3, -0.25) is 0 Å². The van der Waals surface area contributed by atoms with E-state index >= 15 is 0 Å². The number of nitrogens with one attached hydrogen (secondary N) is 1. The van der Waals surface area contributed by atoms with Gasteiger partial charge in [0.25, 0.3) is 0 Å².